The summed E-state index contributed by atoms with van der Waals surface area (Å²) < 4.78 is 42.4. The maximum atomic E-state index is 13.5. The van der Waals surface area contributed by atoms with Crippen LogP contribution in [-0.4, -0.2) is 42.8 Å². The molecule has 0 bridgehead atoms. The van der Waals surface area contributed by atoms with Gasteiger partial charge in [-0.25, -0.2) is 9.97 Å². The highest BCUT2D eigenvalue weighted by Gasteiger charge is 2.35. The number of piperidine rings is 1. The fourth-order valence-electron chi connectivity index (χ4n) is 3.68. The van der Waals surface area contributed by atoms with Crippen molar-refractivity contribution in [3.63, 3.8) is 0 Å². The van der Waals surface area contributed by atoms with Crippen molar-refractivity contribution in [2.75, 3.05) is 18.0 Å². The molecule has 0 unspecified atom stereocenters. The van der Waals surface area contributed by atoms with Gasteiger partial charge in [0.2, 0.25) is 0 Å². The lowest BCUT2D eigenvalue weighted by Gasteiger charge is -2.33. The summed E-state index contributed by atoms with van der Waals surface area (Å²) in [6, 6.07) is 4.49. The van der Waals surface area contributed by atoms with Gasteiger partial charge >= 0.3 is 6.18 Å². The van der Waals surface area contributed by atoms with Gasteiger partial charge in [0.25, 0.3) is 0 Å². The van der Waals surface area contributed by atoms with Gasteiger partial charge in [-0.2, -0.15) is 13.2 Å². The molecule has 30 heavy (non-hydrogen) atoms. The molecule has 1 aliphatic heterocycles. The lowest BCUT2D eigenvalue weighted by atomic mass is 9.95. The molecule has 1 saturated heterocycles. The fraction of sp³-hybridized carbons (Fsp3) is 0.450. The molecule has 1 aliphatic rings. The van der Waals surface area contributed by atoms with Crippen LogP contribution in [0.4, 0.5) is 19.0 Å². The lowest BCUT2D eigenvalue weighted by molar-refractivity contribution is -0.141. The molecule has 0 aliphatic carbocycles. The quantitative estimate of drug-likeness (QED) is 0.636. The predicted octanol–water partition coefficient (Wildman–Crippen LogP) is 4.11. The molecule has 3 aromatic heterocycles. The fourth-order valence-corrected chi connectivity index (χ4v) is 3.68. The van der Waals surface area contributed by atoms with Crippen LogP contribution in [-0.2, 0) is 6.18 Å². The summed E-state index contributed by atoms with van der Waals surface area (Å²) in [6.45, 7) is 5.31. The van der Waals surface area contributed by atoms with Crippen molar-refractivity contribution in [1.82, 2.24) is 29.7 Å². The van der Waals surface area contributed by atoms with Gasteiger partial charge in [0.05, 0.1) is 0 Å². The highest BCUT2D eigenvalue weighted by molar-refractivity contribution is 5.57. The van der Waals surface area contributed by atoms with Gasteiger partial charge in [0, 0.05) is 49.1 Å². The van der Waals surface area contributed by atoms with Crippen LogP contribution >= 0.6 is 0 Å². The molecule has 4 heterocycles. The van der Waals surface area contributed by atoms with Crippen LogP contribution in [0.5, 0.6) is 0 Å². The van der Waals surface area contributed by atoms with E-state index in [4.69, 9.17) is 0 Å². The Labute approximate surface area is 172 Å². The SMILES string of the molecule is CC(C)n1cnnc1C1CCN(c2cc(C(F)(F)F)nc(-c3ccncc3)n2)CC1. The Bertz CT molecular complexity index is 993. The third-order valence-electron chi connectivity index (χ3n) is 5.28. The minimum absolute atomic E-state index is 0.0453. The number of rotatable bonds is 4. The number of anilines is 1. The number of nitrogens with zero attached hydrogens (tertiary/aromatic N) is 7. The van der Waals surface area contributed by atoms with Crippen LogP contribution in [0.2, 0.25) is 0 Å². The minimum atomic E-state index is -4.55. The second kappa shape index (κ2) is 8.00. The van der Waals surface area contributed by atoms with E-state index in [1.807, 2.05) is 9.47 Å². The van der Waals surface area contributed by atoms with Gasteiger partial charge in [-0.15, -0.1) is 10.2 Å². The van der Waals surface area contributed by atoms with E-state index in [0.29, 0.717) is 18.7 Å². The summed E-state index contributed by atoms with van der Waals surface area (Å²) in [5.74, 6) is 1.48. The third-order valence-corrected chi connectivity index (χ3v) is 5.28. The summed E-state index contributed by atoms with van der Waals surface area (Å²) in [4.78, 5) is 14.0. The molecule has 10 heteroatoms. The molecule has 1 fully saturated rings. The zero-order valence-electron chi connectivity index (χ0n) is 16.7. The average molecular weight is 417 g/mol. The molecule has 3 aromatic rings. The molecule has 0 radical (unpaired) electrons. The summed E-state index contributed by atoms with van der Waals surface area (Å²) in [5.41, 5.74) is -0.446. The van der Waals surface area contributed by atoms with E-state index in [0.717, 1.165) is 24.7 Å². The Morgan fingerprint density at radius 2 is 1.77 bits per heavy atom. The van der Waals surface area contributed by atoms with E-state index in [1.54, 1.807) is 18.5 Å². The molecule has 158 valence electrons. The maximum absolute atomic E-state index is 13.5. The van der Waals surface area contributed by atoms with E-state index in [2.05, 4.69) is 39.0 Å². The van der Waals surface area contributed by atoms with Crippen LogP contribution in [0, 0.1) is 0 Å². The molecule has 4 rings (SSSR count). The van der Waals surface area contributed by atoms with E-state index in [9.17, 15) is 13.2 Å². The number of halogens is 3. The zero-order chi connectivity index (χ0) is 21.3. The molecule has 0 saturated carbocycles. The number of hydrogen-bond donors (Lipinski definition) is 0. The van der Waals surface area contributed by atoms with Crippen molar-refractivity contribution < 1.29 is 13.2 Å². The van der Waals surface area contributed by atoms with Gasteiger partial charge in [-0.05, 0) is 38.8 Å². The van der Waals surface area contributed by atoms with E-state index in [1.165, 1.54) is 12.4 Å². The summed E-state index contributed by atoms with van der Waals surface area (Å²) in [7, 11) is 0. The Balaban J connectivity index is 1.59. The van der Waals surface area contributed by atoms with Crippen molar-refractivity contribution >= 4 is 5.82 Å². The summed E-state index contributed by atoms with van der Waals surface area (Å²) >= 11 is 0. The van der Waals surface area contributed by atoms with Crippen LogP contribution in [0.1, 0.15) is 50.2 Å². The first kappa shape index (κ1) is 20.2. The molecule has 7 nitrogen and oxygen atoms in total. The number of alkyl halides is 3. The molecule has 0 atom stereocenters. The summed E-state index contributed by atoms with van der Waals surface area (Å²) in [5, 5.41) is 8.30. The Morgan fingerprint density at radius 1 is 1.07 bits per heavy atom. The Hall–Kier alpha value is -3.04. The normalized spacial score (nSPS) is 15.7. The first-order valence-corrected chi connectivity index (χ1v) is 9.84. The Morgan fingerprint density at radius 3 is 2.40 bits per heavy atom. The van der Waals surface area contributed by atoms with Crippen molar-refractivity contribution in [2.45, 2.75) is 44.8 Å². The molecular weight excluding hydrogens is 395 g/mol. The van der Waals surface area contributed by atoms with Gasteiger partial charge in [-0.3, -0.25) is 4.98 Å². The van der Waals surface area contributed by atoms with Crippen molar-refractivity contribution in [1.29, 1.82) is 0 Å². The number of pyridine rings is 1. The average Bonchev–Trinajstić information content (AvgIpc) is 3.24. The maximum Gasteiger partial charge on any atom is 0.433 e. The van der Waals surface area contributed by atoms with Crippen LogP contribution in [0.3, 0.4) is 0 Å². The van der Waals surface area contributed by atoms with E-state index in [-0.39, 0.29) is 23.6 Å². The molecule has 0 N–H and O–H groups in total. The topological polar surface area (TPSA) is 72.6 Å². The molecule has 0 spiro atoms. The van der Waals surface area contributed by atoms with Crippen LogP contribution in [0.15, 0.2) is 36.9 Å². The monoisotopic (exact) mass is 417 g/mol. The van der Waals surface area contributed by atoms with Gasteiger partial charge < -0.3 is 9.47 Å². The second-order valence-electron chi connectivity index (χ2n) is 7.62. The minimum Gasteiger partial charge on any atom is -0.356 e. The third kappa shape index (κ3) is 4.12. The Kier molecular flexibility index (Phi) is 5.40. The van der Waals surface area contributed by atoms with Crippen LogP contribution in [0.25, 0.3) is 11.4 Å². The standard InChI is InChI=1S/C20H22F3N7/c1-13(2)30-12-25-28-19(30)15-5-9-29(10-6-15)17-11-16(20(21,22)23)26-18(27-17)14-3-7-24-8-4-14/h3-4,7-8,11-13,15H,5-6,9-10H2,1-2H3. The number of hydrogen-bond acceptors (Lipinski definition) is 6. The highest BCUT2D eigenvalue weighted by Crippen LogP contribution is 2.34. The first-order valence-electron chi connectivity index (χ1n) is 9.84. The van der Waals surface area contributed by atoms with Crippen LogP contribution < -0.4 is 4.90 Å². The highest BCUT2D eigenvalue weighted by atomic mass is 19.4. The van der Waals surface area contributed by atoms with Gasteiger partial charge in [0.1, 0.15) is 18.0 Å². The summed E-state index contributed by atoms with van der Waals surface area (Å²) in [6.07, 6.45) is 1.73. The zero-order valence-corrected chi connectivity index (χ0v) is 16.7. The van der Waals surface area contributed by atoms with Gasteiger partial charge in [0.15, 0.2) is 11.5 Å². The van der Waals surface area contributed by atoms with Crippen molar-refractivity contribution in [2.24, 2.45) is 0 Å². The van der Waals surface area contributed by atoms with Crippen molar-refractivity contribution in [3.8, 4) is 11.4 Å². The largest absolute Gasteiger partial charge is 0.433 e. The predicted molar refractivity (Wildman–Crippen MR) is 105 cm³/mol. The van der Waals surface area contributed by atoms with E-state index >= 15 is 0 Å². The number of aromatic nitrogens is 6. The molecular formula is C20H22F3N7. The molecule has 0 aromatic carbocycles. The van der Waals surface area contributed by atoms with E-state index < -0.39 is 11.9 Å². The second-order valence-corrected chi connectivity index (χ2v) is 7.62. The first-order chi connectivity index (χ1) is 14.3. The van der Waals surface area contributed by atoms with Gasteiger partial charge in [-0.1, -0.05) is 0 Å². The molecule has 0 amide bonds. The van der Waals surface area contributed by atoms with Crippen molar-refractivity contribution in [3.05, 3.63) is 48.4 Å². The lowest BCUT2D eigenvalue weighted by Crippen LogP contribution is -2.34. The smallest absolute Gasteiger partial charge is 0.356 e.